The van der Waals surface area contributed by atoms with Gasteiger partial charge in [-0.3, -0.25) is 0 Å². The van der Waals surface area contributed by atoms with E-state index in [1.165, 1.54) is 10.3 Å². The fraction of sp³-hybridized carbons (Fsp3) is 0.188. The molecule has 1 unspecified atom stereocenters. The largest absolute Gasteiger partial charge is 0.357 e. The van der Waals surface area contributed by atoms with Gasteiger partial charge in [0.15, 0.2) is 5.13 Å². The van der Waals surface area contributed by atoms with Gasteiger partial charge in [-0.15, -0.1) is 11.6 Å². The number of hydrogen-bond donors (Lipinski definition) is 1. The fourth-order valence-electron chi connectivity index (χ4n) is 2.15. The van der Waals surface area contributed by atoms with E-state index >= 15 is 0 Å². The Bertz CT molecular complexity index is 648. The van der Waals surface area contributed by atoms with Crippen molar-refractivity contribution in [1.82, 2.24) is 4.98 Å². The molecule has 0 bridgehead atoms. The van der Waals surface area contributed by atoms with E-state index in [0.29, 0.717) is 5.88 Å². The third kappa shape index (κ3) is 3.11. The Balaban J connectivity index is 1.74. The lowest BCUT2D eigenvalue weighted by Gasteiger charge is -2.15. The molecule has 1 atom stereocenters. The topological polar surface area (TPSA) is 24.9 Å². The Morgan fingerprint density at radius 3 is 2.55 bits per heavy atom. The molecule has 0 saturated carbocycles. The molecule has 3 rings (SSSR count). The number of para-hydroxylation sites is 1. The van der Waals surface area contributed by atoms with Crippen LogP contribution in [0.25, 0.3) is 10.2 Å². The van der Waals surface area contributed by atoms with E-state index in [-0.39, 0.29) is 6.04 Å². The van der Waals surface area contributed by atoms with Gasteiger partial charge in [0, 0.05) is 11.9 Å². The van der Waals surface area contributed by atoms with E-state index in [0.717, 1.165) is 17.1 Å². The molecular weight excluding hydrogens is 288 g/mol. The Morgan fingerprint density at radius 2 is 1.80 bits per heavy atom. The number of thiazole rings is 1. The van der Waals surface area contributed by atoms with Crippen molar-refractivity contribution in [2.75, 3.05) is 11.2 Å². The van der Waals surface area contributed by atoms with Crippen LogP contribution in [0.2, 0.25) is 0 Å². The van der Waals surface area contributed by atoms with E-state index in [2.05, 4.69) is 40.6 Å². The molecule has 2 nitrogen and oxygen atoms in total. The predicted octanol–water partition coefficient (Wildman–Crippen LogP) is 4.56. The summed E-state index contributed by atoms with van der Waals surface area (Å²) in [6.07, 6.45) is 0.903. The van der Waals surface area contributed by atoms with E-state index < -0.39 is 0 Å². The van der Waals surface area contributed by atoms with Gasteiger partial charge >= 0.3 is 0 Å². The molecule has 1 N–H and O–H groups in total. The molecule has 0 aliphatic rings. The summed E-state index contributed by atoms with van der Waals surface area (Å²) in [7, 11) is 0. The number of rotatable bonds is 5. The Hall–Kier alpha value is -1.58. The normalized spacial score (nSPS) is 12.4. The molecule has 2 aromatic carbocycles. The predicted molar refractivity (Wildman–Crippen MR) is 87.9 cm³/mol. The second kappa shape index (κ2) is 6.25. The quantitative estimate of drug-likeness (QED) is 0.699. The SMILES string of the molecule is ClCC(Cc1ccccc1)Nc1nc2ccccc2s1. The van der Waals surface area contributed by atoms with Crippen LogP contribution in [0.4, 0.5) is 5.13 Å². The smallest absolute Gasteiger partial charge is 0.184 e. The van der Waals surface area contributed by atoms with Crippen LogP contribution in [0, 0.1) is 0 Å². The van der Waals surface area contributed by atoms with Crippen LogP contribution >= 0.6 is 22.9 Å². The first-order valence-electron chi connectivity index (χ1n) is 6.57. The maximum absolute atomic E-state index is 6.08. The highest BCUT2D eigenvalue weighted by Crippen LogP contribution is 2.26. The number of benzene rings is 2. The van der Waals surface area contributed by atoms with Gasteiger partial charge in [-0.2, -0.15) is 0 Å². The number of aromatic nitrogens is 1. The molecule has 3 aromatic rings. The lowest BCUT2D eigenvalue weighted by atomic mass is 10.1. The summed E-state index contributed by atoms with van der Waals surface area (Å²) in [6, 6.07) is 18.7. The number of anilines is 1. The summed E-state index contributed by atoms with van der Waals surface area (Å²) in [5, 5.41) is 4.38. The molecule has 0 amide bonds. The van der Waals surface area contributed by atoms with E-state index in [1.807, 2.05) is 24.3 Å². The van der Waals surface area contributed by atoms with Crippen molar-refractivity contribution in [2.45, 2.75) is 12.5 Å². The van der Waals surface area contributed by atoms with Gasteiger partial charge < -0.3 is 5.32 Å². The molecule has 4 heteroatoms. The zero-order chi connectivity index (χ0) is 13.8. The van der Waals surface area contributed by atoms with Crippen molar-refractivity contribution in [3.8, 4) is 0 Å². The van der Waals surface area contributed by atoms with Crippen LogP contribution in [0.3, 0.4) is 0 Å². The molecule has 0 saturated heterocycles. The number of hydrogen-bond acceptors (Lipinski definition) is 3. The molecular formula is C16H15ClN2S. The third-order valence-corrected chi connectivity index (χ3v) is 4.47. The zero-order valence-electron chi connectivity index (χ0n) is 10.9. The fourth-order valence-corrected chi connectivity index (χ4v) is 3.28. The van der Waals surface area contributed by atoms with Crippen molar-refractivity contribution in [3.63, 3.8) is 0 Å². The van der Waals surface area contributed by atoms with Gasteiger partial charge in [0.1, 0.15) is 0 Å². The summed E-state index contributed by atoms with van der Waals surface area (Å²) in [6.45, 7) is 0. The number of nitrogens with one attached hydrogen (secondary N) is 1. The van der Waals surface area contributed by atoms with Crippen molar-refractivity contribution in [2.24, 2.45) is 0 Å². The highest BCUT2D eigenvalue weighted by molar-refractivity contribution is 7.22. The van der Waals surface area contributed by atoms with Crippen molar-refractivity contribution >= 4 is 38.3 Å². The minimum absolute atomic E-state index is 0.194. The molecule has 0 aliphatic heterocycles. The highest BCUT2D eigenvalue weighted by Gasteiger charge is 2.11. The summed E-state index contributed by atoms with van der Waals surface area (Å²) >= 11 is 7.75. The Kier molecular flexibility index (Phi) is 4.19. The maximum atomic E-state index is 6.08. The number of fused-ring (bicyclic) bond motifs is 1. The Labute approximate surface area is 127 Å². The molecule has 1 heterocycles. The zero-order valence-corrected chi connectivity index (χ0v) is 12.5. The second-order valence-electron chi connectivity index (χ2n) is 4.67. The molecule has 0 fully saturated rings. The van der Waals surface area contributed by atoms with Crippen LogP contribution in [-0.4, -0.2) is 16.9 Å². The minimum Gasteiger partial charge on any atom is -0.357 e. The van der Waals surface area contributed by atoms with Gasteiger partial charge in [0.2, 0.25) is 0 Å². The van der Waals surface area contributed by atoms with Crippen molar-refractivity contribution in [1.29, 1.82) is 0 Å². The van der Waals surface area contributed by atoms with E-state index in [1.54, 1.807) is 11.3 Å². The van der Waals surface area contributed by atoms with Crippen LogP contribution in [0.1, 0.15) is 5.56 Å². The summed E-state index contributed by atoms with van der Waals surface area (Å²) in [4.78, 5) is 4.59. The standard InChI is InChI=1S/C16H15ClN2S/c17-11-13(10-12-6-2-1-3-7-12)18-16-19-14-8-4-5-9-15(14)20-16/h1-9,13H,10-11H2,(H,18,19). The number of halogens is 1. The number of nitrogens with zero attached hydrogens (tertiary/aromatic N) is 1. The molecule has 0 radical (unpaired) electrons. The van der Waals surface area contributed by atoms with Gasteiger partial charge in [0.25, 0.3) is 0 Å². The minimum atomic E-state index is 0.194. The maximum Gasteiger partial charge on any atom is 0.184 e. The molecule has 1 aromatic heterocycles. The van der Waals surface area contributed by atoms with E-state index in [9.17, 15) is 0 Å². The first-order valence-corrected chi connectivity index (χ1v) is 7.92. The summed E-state index contributed by atoms with van der Waals surface area (Å²) in [5.41, 5.74) is 2.32. The monoisotopic (exact) mass is 302 g/mol. The van der Waals surface area contributed by atoms with Gasteiger partial charge in [-0.05, 0) is 24.1 Å². The Morgan fingerprint density at radius 1 is 1.05 bits per heavy atom. The first-order chi connectivity index (χ1) is 9.85. The lowest BCUT2D eigenvalue weighted by Crippen LogP contribution is -2.23. The highest BCUT2D eigenvalue weighted by atomic mass is 35.5. The van der Waals surface area contributed by atoms with Crippen molar-refractivity contribution < 1.29 is 0 Å². The first kappa shape index (κ1) is 13.4. The average Bonchev–Trinajstić information content (AvgIpc) is 2.90. The van der Waals surface area contributed by atoms with Crippen LogP contribution in [0.5, 0.6) is 0 Å². The molecule has 0 aliphatic carbocycles. The van der Waals surface area contributed by atoms with Crippen molar-refractivity contribution in [3.05, 3.63) is 60.2 Å². The molecule has 20 heavy (non-hydrogen) atoms. The molecule has 102 valence electrons. The second-order valence-corrected chi connectivity index (χ2v) is 6.01. The van der Waals surface area contributed by atoms with Gasteiger partial charge in [-0.1, -0.05) is 53.8 Å². The summed E-state index contributed by atoms with van der Waals surface area (Å²) in [5.74, 6) is 0.560. The third-order valence-electron chi connectivity index (χ3n) is 3.13. The van der Waals surface area contributed by atoms with E-state index in [4.69, 9.17) is 11.6 Å². The van der Waals surface area contributed by atoms with Crippen LogP contribution in [0.15, 0.2) is 54.6 Å². The van der Waals surface area contributed by atoms with Crippen LogP contribution in [-0.2, 0) is 6.42 Å². The lowest BCUT2D eigenvalue weighted by molar-refractivity contribution is 0.796. The number of alkyl halides is 1. The van der Waals surface area contributed by atoms with Gasteiger partial charge in [0.05, 0.1) is 10.2 Å². The summed E-state index contributed by atoms with van der Waals surface area (Å²) < 4.78 is 1.20. The molecule has 0 spiro atoms. The van der Waals surface area contributed by atoms with Gasteiger partial charge in [-0.25, -0.2) is 4.98 Å². The van der Waals surface area contributed by atoms with Crippen LogP contribution < -0.4 is 5.32 Å². The average molecular weight is 303 g/mol.